The van der Waals surface area contributed by atoms with Gasteiger partial charge in [-0.3, -0.25) is 0 Å². The highest BCUT2D eigenvalue weighted by Crippen LogP contribution is 2.31. The first-order chi connectivity index (χ1) is 13.5. The lowest BCUT2D eigenvalue weighted by atomic mass is 9.95. The first kappa shape index (κ1) is 19.8. The second-order valence-electron chi connectivity index (χ2n) is 6.03. The molecular weight excluding hydrogens is 380 g/mol. The smallest absolute Gasteiger partial charge is 0.338 e. The van der Waals surface area contributed by atoms with Crippen molar-refractivity contribution in [3.8, 4) is 5.75 Å². The summed E-state index contributed by atoms with van der Waals surface area (Å²) in [5, 5.41) is 6.35. The highest BCUT2D eigenvalue weighted by molar-refractivity contribution is 7.99. The van der Waals surface area contributed by atoms with Crippen molar-refractivity contribution in [3.63, 3.8) is 0 Å². The number of imidazole rings is 1. The number of thioether (sulfide) groups is 1. The van der Waals surface area contributed by atoms with Crippen LogP contribution in [0.15, 0.2) is 53.1 Å². The molecule has 1 aliphatic heterocycles. The number of nitrogens with one attached hydrogen (secondary N) is 2. The van der Waals surface area contributed by atoms with Gasteiger partial charge >= 0.3 is 12.0 Å². The highest BCUT2D eigenvalue weighted by atomic mass is 32.2. The first-order valence-corrected chi connectivity index (χ1v) is 9.73. The largest absolute Gasteiger partial charge is 0.497 e. The Bertz CT molecular complexity index is 892. The molecule has 28 heavy (non-hydrogen) atoms. The van der Waals surface area contributed by atoms with Crippen LogP contribution in [-0.4, -0.2) is 41.0 Å². The summed E-state index contributed by atoms with van der Waals surface area (Å²) in [5.74, 6) is 0.599. The maximum absolute atomic E-state index is 12.7. The molecule has 1 atom stereocenters. The summed E-state index contributed by atoms with van der Waals surface area (Å²) < 4.78 is 12.3. The average Bonchev–Trinajstić information content (AvgIpc) is 3.11. The molecule has 0 fully saturated rings. The van der Waals surface area contributed by atoms with E-state index in [-0.39, 0.29) is 12.6 Å². The molecule has 1 aromatic carbocycles. The lowest BCUT2D eigenvalue weighted by Gasteiger charge is -2.29. The second kappa shape index (κ2) is 8.83. The van der Waals surface area contributed by atoms with Crippen LogP contribution in [0.1, 0.15) is 18.5 Å². The molecular formula is C19H22N4O4S. The number of amides is 2. The molecule has 0 aliphatic carbocycles. The predicted molar refractivity (Wildman–Crippen MR) is 105 cm³/mol. The number of urea groups is 1. The quantitative estimate of drug-likeness (QED) is 0.546. The SMILES string of the molecule is CCOC(=O)C1=C(CSc2nccn2C)NC(=O)N[C@@H]1c1ccc(OC)cc1. The van der Waals surface area contributed by atoms with E-state index in [1.54, 1.807) is 32.4 Å². The number of hydrogen-bond acceptors (Lipinski definition) is 6. The fourth-order valence-electron chi connectivity index (χ4n) is 2.86. The number of ether oxygens (including phenoxy) is 2. The Morgan fingerprint density at radius 2 is 2.07 bits per heavy atom. The molecule has 2 heterocycles. The van der Waals surface area contributed by atoms with Crippen molar-refractivity contribution >= 4 is 23.8 Å². The highest BCUT2D eigenvalue weighted by Gasteiger charge is 2.33. The Labute approximate surface area is 167 Å². The number of aromatic nitrogens is 2. The molecule has 148 valence electrons. The summed E-state index contributed by atoms with van der Waals surface area (Å²) in [6.45, 7) is 1.99. The van der Waals surface area contributed by atoms with E-state index in [2.05, 4.69) is 15.6 Å². The number of carbonyl (C=O) groups excluding carboxylic acids is 2. The van der Waals surface area contributed by atoms with E-state index < -0.39 is 12.0 Å². The fourth-order valence-corrected chi connectivity index (χ4v) is 3.76. The van der Waals surface area contributed by atoms with Crippen molar-refractivity contribution in [2.24, 2.45) is 7.05 Å². The second-order valence-corrected chi connectivity index (χ2v) is 6.97. The Balaban J connectivity index is 1.96. The standard InChI is InChI=1S/C19H22N4O4S/c1-4-27-17(24)15-14(11-28-19-20-9-10-23(19)2)21-18(25)22-16(15)12-5-7-13(26-3)8-6-12/h5-10,16H,4,11H2,1-3H3,(H2,21,22,25)/t16-/m1/s1. The number of hydrogen-bond donors (Lipinski definition) is 2. The van der Waals surface area contributed by atoms with E-state index >= 15 is 0 Å². The molecule has 3 rings (SSSR count). The minimum Gasteiger partial charge on any atom is -0.497 e. The zero-order valence-corrected chi connectivity index (χ0v) is 16.7. The molecule has 0 saturated heterocycles. The molecule has 2 N–H and O–H groups in total. The number of carbonyl (C=O) groups is 2. The maximum Gasteiger partial charge on any atom is 0.338 e. The molecule has 2 amide bonds. The van der Waals surface area contributed by atoms with Gasteiger partial charge in [0.25, 0.3) is 0 Å². The molecule has 8 nitrogen and oxygen atoms in total. The van der Waals surface area contributed by atoms with Crippen molar-refractivity contribution in [3.05, 3.63) is 53.5 Å². The lowest BCUT2D eigenvalue weighted by Crippen LogP contribution is -2.46. The van der Waals surface area contributed by atoms with E-state index in [0.29, 0.717) is 22.8 Å². The number of nitrogens with zero attached hydrogens (tertiary/aromatic N) is 2. The molecule has 0 bridgehead atoms. The summed E-state index contributed by atoms with van der Waals surface area (Å²) in [5.41, 5.74) is 1.66. The predicted octanol–water partition coefficient (Wildman–Crippen LogP) is 2.39. The Hall–Kier alpha value is -2.94. The van der Waals surface area contributed by atoms with E-state index in [1.807, 2.05) is 29.9 Å². The minimum atomic E-state index is -0.615. The van der Waals surface area contributed by atoms with E-state index in [9.17, 15) is 9.59 Å². The molecule has 0 unspecified atom stereocenters. The van der Waals surface area contributed by atoms with Crippen LogP contribution in [0, 0.1) is 0 Å². The van der Waals surface area contributed by atoms with E-state index in [0.717, 1.165) is 10.7 Å². The minimum absolute atomic E-state index is 0.241. The van der Waals surface area contributed by atoms with Gasteiger partial charge in [-0.2, -0.15) is 0 Å². The number of rotatable bonds is 7. The number of benzene rings is 1. The van der Waals surface area contributed by atoms with Gasteiger partial charge in [0.2, 0.25) is 0 Å². The Morgan fingerprint density at radius 3 is 2.68 bits per heavy atom. The van der Waals surface area contributed by atoms with Crippen LogP contribution in [0.25, 0.3) is 0 Å². The van der Waals surface area contributed by atoms with Crippen LogP contribution in [-0.2, 0) is 16.6 Å². The summed E-state index contributed by atoms with van der Waals surface area (Å²) in [6.07, 6.45) is 3.54. The average molecular weight is 402 g/mol. The zero-order valence-electron chi connectivity index (χ0n) is 15.9. The number of aryl methyl sites for hydroxylation is 1. The van der Waals surface area contributed by atoms with Gasteiger partial charge in [0.05, 0.1) is 25.3 Å². The van der Waals surface area contributed by atoms with Crippen LogP contribution in [0.5, 0.6) is 5.75 Å². The van der Waals surface area contributed by atoms with Crippen LogP contribution >= 0.6 is 11.8 Å². The molecule has 0 saturated carbocycles. The topological polar surface area (TPSA) is 94.5 Å². The number of esters is 1. The first-order valence-electron chi connectivity index (χ1n) is 8.75. The van der Waals surface area contributed by atoms with Crippen LogP contribution < -0.4 is 15.4 Å². The summed E-state index contributed by atoms with van der Waals surface area (Å²) in [7, 11) is 3.47. The van der Waals surface area contributed by atoms with Gasteiger partial charge in [-0.05, 0) is 24.6 Å². The van der Waals surface area contributed by atoms with Gasteiger partial charge in [0.15, 0.2) is 5.16 Å². The monoisotopic (exact) mass is 402 g/mol. The van der Waals surface area contributed by atoms with Crippen molar-refractivity contribution in [2.75, 3.05) is 19.5 Å². The molecule has 1 aromatic heterocycles. The van der Waals surface area contributed by atoms with Gasteiger partial charge in [0.1, 0.15) is 5.75 Å². The zero-order chi connectivity index (χ0) is 20.1. The molecule has 9 heteroatoms. The third kappa shape index (κ3) is 4.30. The van der Waals surface area contributed by atoms with Crippen LogP contribution in [0.3, 0.4) is 0 Å². The molecule has 1 aliphatic rings. The number of methoxy groups -OCH3 is 1. The van der Waals surface area contributed by atoms with E-state index in [4.69, 9.17) is 9.47 Å². The van der Waals surface area contributed by atoms with Crippen LogP contribution in [0.4, 0.5) is 4.79 Å². The van der Waals surface area contributed by atoms with Gasteiger partial charge < -0.3 is 24.7 Å². The lowest BCUT2D eigenvalue weighted by molar-refractivity contribution is -0.139. The third-order valence-corrected chi connectivity index (χ3v) is 5.31. The van der Waals surface area contributed by atoms with Crippen molar-refractivity contribution < 1.29 is 19.1 Å². The van der Waals surface area contributed by atoms with Crippen LogP contribution in [0.2, 0.25) is 0 Å². The molecule has 0 radical (unpaired) electrons. The summed E-state index contributed by atoms with van der Waals surface area (Å²) in [6, 6.07) is 6.22. The summed E-state index contributed by atoms with van der Waals surface area (Å²) in [4.78, 5) is 29.3. The van der Waals surface area contributed by atoms with E-state index in [1.165, 1.54) is 11.8 Å². The normalized spacial score (nSPS) is 16.4. The van der Waals surface area contributed by atoms with Gasteiger partial charge in [-0.25, -0.2) is 14.6 Å². The van der Waals surface area contributed by atoms with Gasteiger partial charge in [0, 0.05) is 30.9 Å². The van der Waals surface area contributed by atoms with Gasteiger partial charge in [-0.1, -0.05) is 23.9 Å². The maximum atomic E-state index is 12.7. The fraction of sp³-hybridized carbons (Fsp3) is 0.316. The van der Waals surface area contributed by atoms with Crippen molar-refractivity contribution in [1.82, 2.24) is 20.2 Å². The molecule has 0 spiro atoms. The Kier molecular flexibility index (Phi) is 6.25. The van der Waals surface area contributed by atoms with Crippen molar-refractivity contribution in [1.29, 1.82) is 0 Å². The van der Waals surface area contributed by atoms with Crippen molar-refractivity contribution in [2.45, 2.75) is 18.1 Å². The third-order valence-electron chi connectivity index (χ3n) is 4.22. The molecule has 2 aromatic rings. The van der Waals surface area contributed by atoms with Gasteiger partial charge in [-0.15, -0.1) is 0 Å². The Morgan fingerprint density at radius 1 is 1.32 bits per heavy atom. The summed E-state index contributed by atoms with van der Waals surface area (Å²) >= 11 is 1.43.